The molecular weight excluding hydrogens is 276 g/mol. The number of nitrogens with two attached hydrogens (primary N) is 1. The van der Waals surface area contributed by atoms with Gasteiger partial charge in [0.25, 0.3) is 0 Å². The molecule has 0 saturated heterocycles. The van der Waals surface area contributed by atoms with Crippen molar-refractivity contribution in [1.82, 2.24) is 4.72 Å². The summed E-state index contributed by atoms with van der Waals surface area (Å²) in [4.78, 5) is 0.299. The summed E-state index contributed by atoms with van der Waals surface area (Å²) in [6.07, 6.45) is 0. The van der Waals surface area contributed by atoms with E-state index in [0.717, 1.165) is 0 Å². The number of sulfonamides is 1. The van der Waals surface area contributed by atoms with E-state index in [1.165, 1.54) is 0 Å². The Balaban J connectivity index is 3.17. The number of benzene rings is 1. The van der Waals surface area contributed by atoms with Crippen molar-refractivity contribution in [3.63, 3.8) is 0 Å². The van der Waals surface area contributed by atoms with Crippen molar-refractivity contribution in [3.05, 3.63) is 23.3 Å². The van der Waals surface area contributed by atoms with E-state index in [1.807, 2.05) is 13.8 Å². The molecule has 1 aromatic carbocycles. The van der Waals surface area contributed by atoms with Crippen molar-refractivity contribution in [1.29, 1.82) is 0 Å². The minimum Gasteiger partial charge on any atom is -0.399 e. The van der Waals surface area contributed by atoms with Crippen molar-refractivity contribution in [2.75, 3.05) is 19.5 Å². The van der Waals surface area contributed by atoms with Crippen LogP contribution in [0.4, 0.5) is 5.69 Å². The van der Waals surface area contributed by atoms with Gasteiger partial charge in [-0.25, -0.2) is 13.1 Å². The predicted molar refractivity (Wildman–Crippen MR) is 81.2 cm³/mol. The monoisotopic (exact) mass is 300 g/mol. The van der Waals surface area contributed by atoms with Crippen LogP contribution >= 0.6 is 0 Å². The highest BCUT2D eigenvalue weighted by atomic mass is 32.2. The van der Waals surface area contributed by atoms with E-state index in [1.54, 1.807) is 33.1 Å². The molecule has 0 fully saturated rings. The molecule has 114 valence electrons. The third-order valence-electron chi connectivity index (χ3n) is 3.21. The minimum absolute atomic E-state index is 0.138. The van der Waals surface area contributed by atoms with Gasteiger partial charge in [0, 0.05) is 18.8 Å². The number of methoxy groups -OCH3 is 1. The molecule has 1 rings (SSSR count). The maximum atomic E-state index is 12.6. The molecule has 0 aliphatic heterocycles. The lowest BCUT2D eigenvalue weighted by molar-refractivity contribution is 0.157. The highest BCUT2D eigenvalue weighted by Gasteiger charge is 2.25. The van der Waals surface area contributed by atoms with Gasteiger partial charge in [-0.2, -0.15) is 0 Å². The molecule has 20 heavy (non-hydrogen) atoms. The van der Waals surface area contributed by atoms with Crippen LogP contribution in [0.3, 0.4) is 0 Å². The summed E-state index contributed by atoms with van der Waals surface area (Å²) in [6.45, 7) is 7.74. The number of ether oxygens (including phenoxy) is 1. The SMILES string of the molecule is COCC(NS(=O)(=O)c1c(C)cc(N)cc1C)C(C)C. The normalized spacial score (nSPS) is 13.7. The molecule has 0 aromatic heterocycles. The third-order valence-corrected chi connectivity index (χ3v) is 5.00. The second-order valence-corrected chi connectivity index (χ2v) is 7.06. The number of rotatable bonds is 6. The Kier molecular flexibility index (Phi) is 5.56. The van der Waals surface area contributed by atoms with Crippen LogP contribution in [0.15, 0.2) is 17.0 Å². The Bertz CT molecular complexity index is 545. The zero-order chi connectivity index (χ0) is 15.5. The van der Waals surface area contributed by atoms with Crippen LogP contribution < -0.4 is 10.5 Å². The first-order valence-corrected chi connectivity index (χ1v) is 8.05. The van der Waals surface area contributed by atoms with Gasteiger partial charge in [0.2, 0.25) is 10.0 Å². The van der Waals surface area contributed by atoms with E-state index in [0.29, 0.717) is 28.3 Å². The first kappa shape index (κ1) is 16.9. The molecule has 0 aliphatic rings. The lowest BCUT2D eigenvalue weighted by Crippen LogP contribution is -2.42. The van der Waals surface area contributed by atoms with Crippen LogP contribution in [0.2, 0.25) is 0 Å². The Labute approximate surface area is 121 Å². The predicted octanol–water partition coefficient (Wildman–Crippen LogP) is 1.83. The molecule has 5 nitrogen and oxygen atoms in total. The second-order valence-electron chi connectivity index (χ2n) is 5.41. The highest BCUT2D eigenvalue weighted by Crippen LogP contribution is 2.23. The van der Waals surface area contributed by atoms with Crippen molar-refractivity contribution in [3.8, 4) is 0 Å². The lowest BCUT2D eigenvalue weighted by atomic mass is 10.1. The molecule has 0 spiro atoms. The van der Waals surface area contributed by atoms with Crippen molar-refractivity contribution < 1.29 is 13.2 Å². The molecule has 6 heteroatoms. The van der Waals surface area contributed by atoms with Gasteiger partial charge in [-0.1, -0.05) is 13.8 Å². The van der Waals surface area contributed by atoms with Gasteiger partial charge in [0.1, 0.15) is 0 Å². The van der Waals surface area contributed by atoms with E-state index in [4.69, 9.17) is 10.5 Å². The summed E-state index contributed by atoms with van der Waals surface area (Å²) < 4.78 is 32.9. The van der Waals surface area contributed by atoms with E-state index in [9.17, 15) is 8.42 Å². The minimum atomic E-state index is -3.59. The second kappa shape index (κ2) is 6.56. The van der Waals surface area contributed by atoms with Crippen molar-refractivity contribution in [2.24, 2.45) is 5.92 Å². The Morgan fingerprint density at radius 2 is 1.75 bits per heavy atom. The maximum absolute atomic E-state index is 12.6. The molecule has 3 N–H and O–H groups in total. The third kappa shape index (κ3) is 3.94. The average Bonchev–Trinajstić information content (AvgIpc) is 2.25. The zero-order valence-electron chi connectivity index (χ0n) is 12.7. The molecule has 0 amide bonds. The van der Waals surface area contributed by atoms with Crippen LogP contribution in [0.1, 0.15) is 25.0 Å². The standard InChI is InChI=1S/C14H24N2O3S/c1-9(2)13(8-19-5)16-20(17,18)14-10(3)6-12(15)7-11(14)4/h6-7,9,13,16H,8,15H2,1-5H3. The number of aryl methyl sites for hydroxylation is 2. The summed E-state index contributed by atoms with van der Waals surface area (Å²) in [5.41, 5.74) is 7.60. The van der Waals surface area contributed by atoms with E-state index in [-0.39, 0.29) is 12.0 Å². The van der Waals surface area contributed by atoms with Gasteiger partial charge in [-0.15, -0.1) is 0 Å². The van der Waals surface area contributed by atoms with Gasteiger partial charge in [-0.05, 0) is 43.0 Å². The van der Waals surface area contributed by atoms with Crippen LogP contribution in [-0.2, 0) is 14.8 Å². The molecule has 0 heterocycles. The molecule has 0 bridgehead atoms. The largest absolute Gasteiger partial charge is 0.399 e. The number of anilines is 1. The zero-order valence-corrected chi connectivity index (χ0v) is 13.5. The summed E-state index contributed by atoms with van der Waals surface area (Å²) in [6, 6.07) is 3.08. The maximum Gasteiger partial charge on any atom is 0.241 e. The average molecular weight is 300 g/mol. The van der Waals surface area contributed by atoms with Gasteiger partial charge >= 0.3 is 0 Å². The number of hydrogen-bond donors (Lipinski definition) is 2. The fourth-order valence-corrected chi connectivity index (χ4v) is 4.03. The Morgan fingerprint density at radius 3 is 2.15 bits per heavy atom. The van der Waals surface area contributed by atoms with Gasteiger partial charge in [0.15, 0.2) is 0 Å². The fraction of sp³-hybridized carbons (Fsp3) is 0.571. The van der Waals surface area contributed by atoms with E-state index in [2.05, 4.69) is 4.72 Å². The fourth-order valence-electron chi connectivity index (χ4n) is 2.21. The molecule has 0 saturated carbocycles. The van der Waals surface area contributed by atoms with Crippen molar-refractivity contribution >= 4 is 15.7 Å². The lowest BCUT2D eigenvalue weighted by Gasteiger charge is -2.22. The summed E-state index contributed by atoms with van der Waals surface area (Å²) in [5, 5.41) is 0. The Morgan fingerprint density at radius 1 is 1.25 bits per heavy atom. The van der Waals surface area contributed by atoms with E-state index < -0.39 is 10.0 Å². The molecule has 1 unspecified atom stereocenters. The number of hydrogen-bond acceptors (Lipinski definition) is 4. The van der Waals surface area contributed by atoms with Crippen molar-refractivity contribution in [2.45, 2.75) is 38.6 Å². The molecule has 0 aliphatic carbocycles. The van der Waals surface area contributed by atoms with Crippen LogP contribution in [0.5, 0.6) is 0 Å². The van der Waals surface area contributed by atoms with Crippen LogP contribution in [0, 0.1) is 19.8 Å². The van der Waals surface area contributed by atoms with Crippen LogP contribution in [-0.4, -0.2) is 28.2 Å². The molecule has 1 atom stereocenters. The summed E-state index contributed by atoms with van der Waals surface area (Å²) >= 11 is 0. The Hall–Kier alpha value is -1.11. The highest BCUT2D eigenvalue weighted by molar-refractivity contribution is 7.89. The van der Waals surface area contributed by atoms with Gasteiger partial charge in [0.05, 0.1) is 11.5 Å². The summed E-state index contributed by atoms with van der Waals surface area (Å²) in [5.74, 6) is 0.138. The topological polar surface area (TPSA) is 81.4 Å². The number of nitrogen functional groups attached to an aromatic ring is 1. The smallest absolute Gasteiger partial charge is 0.241 e. The molecule has 0 radical (unpaired) electrons. The van der Waals surface area contributed by atoms with Crippen LogP contribution in [0.25, 0.3) is 0 Å². The van der Waals surface area contributed by atoms with Gasteiger partial charge < -0.3 is 10.5 Å². The summed E-state index contributed by atoms with van der Waals surface area (Å²) in [7, 11) is -2.03. The quantitative estimate of drug-likeness (QED) is 0.785. The van der Waals surface area contributed by atoms with E-state index >= 15 is 0 Å². The number of nitrogens with one attached hydrogen (secondary N) is 1. The molecule has 1 aromatic rings. The first-order valence-electron chi connectivity index (χ1n) is 6.57. The first-order chi connectivity index (χ1) is 9.19. The molecular formula is C14H24N2O3S. The van der Waals surface area contributed by atoms with Gasteiger partial charge in [-0.3, -0.25) is 0 Å².